The van der Waals surface area contributed by atoms with Crippen molar-refractivity contribution in [3.63, 3.8) is 0 Å². The summed E-state index contributed by atoms with van der Waals surface area (Å²) in [4.78, 5) is 23.0. The summed E-state index contributed by atoms with van der Waals surface area (Å²) >= 11 is 0. The van der Waals surface area contributed by atoms with Crippen molar-refractivity contribution in [1.29, 1.82) is 0 Å². The summed E-state index contributed by atoms with van der Waals surface area (Å²) in [6.07, 6.45) is 1.58. The minimum Gasteiger partial charge on any atom is -0.469 e. The molecule has 0 fully saturated rings. The van der Waals surface area contributed by atoms with E-state index in [0.717, 1.165) is 12.8 Å². The SMILES string of the molecule is COCCCCn1nnc(C(=O)OC)c1CC(=O)OC. The molecule has 0 unspecified atom stereocenters. The van der Waals surface area contributed by atoms with E-state index >= 15 is 0 Å². The minimum absolute atomic E-state index is 0.0460. The summed E-state index contributed by atoms with van der Waals surface area (Å²) in [6, 6.07) is 0. The molecule has 0 amide bonds. The van der Waals surface area contributed by atoms with Gasteiger partial charge in [-0.15, -0.1) is 5.10 Å². The fourth-order valence-corrected chi connectivity index (χ4v) is 1.66. The van der Waals surface area contributed by atoms with Gasteiger partial charge in [-0.05, 0) is 12.8 Å². The first-order valence-corrected chi connectivity index (χ1v) is 6.20. The van der Waals surface area contributed by atoms with Gasteiger partial charge in [-0.2, -0.15) is 0 Å². The molecule has 1 rings (SSSR count). The van der Waals surface area contributed by atoms with Crippen molar-refractivity contribution in [3.8, 4) is 0 Å². The third kappa shape index (κ3) is 4.30. The zero-order chi connectivity index (χ0) is 15.0. The Kier molecular flexibility index (Phi) is 6.65. The lowest BCUT2D eigenvalue weighted by Crippen LogP contribution is -2.15. The Morgan fingerprint density at radius 1 is 1.15 bits per heavy atom. The average Bonchev–Trinajstić information content (AvgIpc) is 2.85. The molecule has 0 radical (unpaired) electrons. The van der Waals surface area contributed by atoms with E-state index in [1.165, 1.54) is 18.9 Å². The lowest BCUT2D eigenvalue weighted by molar-refractivity contribution is -0.139. The standard InChI is InChI=1S/C12H19N3O5/c1-18-7-5-4-6-15-9(8-10(16)19-2)11(13-14-15)12(17)20-3/h4-8H2,1-3H3. The van der Waals surface area contributed by atoms with Gasteiger partial charge in [0, 0.05) is 20.3 Å². The largest absolute Gasteiger partial charge is 0.469 e. The molecule has 0 aliphatic rings. The molecule has 112 valence electrons. The molecule has 0 spiro atoms. The number of unbranched alkanes of at least 4 members (excludes halogenated alkanes) is 1. The van der Waals surface area contributed by atoms with Gasteiger partial charge in [0.05, 0.1) is 26.3 Å². The van der Waals surface area contributed by atoms with Crippen molar-refractivity contribution >= 4 is 11.9 Å². The number of hydrogen-bond donors (Lipinski definition) is 0. The van der Waals surface area contributed by atoms with E-state index in [4.69, 9.17) is 4.74 Å². The predicted molar refractivity (Wildman–Crippen MR) is 68.2 cm³/mol. The molecular formula is C12H19N3O5. The van der Waals surface area contributed by atoms with Crippen molar-refractivity contribution in [2.24, 2.45) is 0 Å². The number of nitrogens with zero attached hydrogens (tertiary/aromatic N) is 3. The number of aryl methyl sites for hydroxylation is 1. The molecule has 1 aromatic rings. The molecule has 0 atom stereocenters. The highest BCUT2D eigenvalue weighted by atomic mass is 16.5. The van der Waals surface area contributed by atoms with E-state index in [1.807, 2.05) is 0 Å². The molecule has 0 saturated carbocycles. The summed E-state index contributed by atoms with van der Waals surface area (Å²) in [6.45, 7) is 1.19. The van der Waals surface area contributed by atoms with Crippen LogP contribution in [0, 0.1) is 0 Å². The van der Waals surface area contributed by atoms with Gasteiger partial charge >= 0.3 is 11.9 Å². The summed E-state index contributed by atoms with van der Waals surface area (Å²) in [5.41, 5.74) is 0.450. The molecule has 1 aromatic heterocycles. The van der Waals surface area contributed by atoms with Crippen LogP contribution in [0.5, 0.6) is 0 Å². The number of rotatable bonds is 8. The van der Waals surface area contributed by atoms with Crippen LogP contribution in [-0.4, -0.2) is 54.9 Å². The molecule has 0 aromatic carbocycles. The van der Waals surface area contributed by atoms with Crippen molar-refractivity contribution in [3.05, 3.63) is 11.4 Å². The highest BCUT2D eigenvalue weighted by Gasteiger charge is 2.22. The van der Waals surface area contributed by atoms with Crippen molar-refractivity contribution in [2.75, 3.05) is 27.9 Å². The van der Waals surface area contributed by atoms with Crippen LogP contribution in [0.1, 0.15) is 29.0 Å². The maximum atomic E-state index is 11.6. The van der Waals surface area contributed by atoms with Crippen LogP contribution in [0.25, 0.3) is 0 Å². The van der Waals surface area contributed by atoms with Gasteiger partial charge < -0.3 is 14.2 Å². The maximum Gasteiger partial charge on any atom is 0.360 e. The Balaban J connectivity index is 2.84. The van der Waals surface area contributed by atoms with E-state index < -0.39 is 11.9 Å². The molecule has 8 heteroatoms. The fraction of sp³-hybridized carbons (Fsp3) is 0.667. The molecular weight excluding hydrogens is 266 g/mol. The van der Waals surface area contributed by atoms with E-state index in [1.54, 1.807) is 7.11 Å². The monoisotopic (exact) mass is 285 g/mol. The quantitative estimate of drug-likeness (QED) is 0.498. The first-order valence-electron chi connectivity index (χ1n) is 6.20. The van der Waals surface area contributed by atoms with E-state index in [0.29, 0.717) is 18.8 Å². The van der Waals surface area contributed by atoms with Gasteiger partial charge in [-0.25, -0.2) is 9.48 Å². The second-order valence-corrected chi connectivity index (χ2v) is 4.05. The van der Waals surface area contributed by atoms with Gasteiger partial charge in [-0.1, -0.05) is 5.21 Å². The highest BCUT2D eigenvalue weighted by molar-refractivity contribution is 5.89. The summed E-state index contributed by atoms with van der Waals surface area (Å²) in [7, 11) is 4.17. The second-order valence-electron chi connectivity index (χ2n) is 4.05. The highest BCUT2D eigenvalue weighted by Crippen LogP contribution is 2.10. The number of hydrogen-bond acceptors (Lipinski definition) is 7. The smallest absolute Gasteiger partial charge is 0.360 e. The Morgan fingerprint density at radius 2 is 1.90 bits per heavy atom. The van der Waals surface area contributed by atoms with Crippen molar-refractivity contribution in [2.45, 2.75) is 25.8 Å². The number of carbonyl (C=O) groups excluding carboxylic acids is 2. The Bertz CT molecular complexity index is 458. The maximum absolute atomic E-state index is 11.6. The van der Waals surface area contributed by atoms with Gasteiger partial charge in [-0.3, -0.25) is 4.79 Å². The lowest BCUT2D eigenvalue weighted by atomic mass is 10.2. The number of ether oxygens (including phenoxy) is 3. The summed E-state index contributed by atoms with van der Waals surface area (Å²) < 4.78 is 15.7. The molecule has 0 bridgehead atoms. The van der Waals surface area contributed by atoms with Gasteiger partial charge in [0.25, 0.3) is 0 Å². The molecule has 0 N–H and O–H groups in total. The van der Waals surface area contributed by atoms with Crippen LogP contribution < -0.4 is 0 Å². The summed E-state index contributed by atoms with van der Waals surface area (Å²) in [5, 5.41) is 7.66. The molecule has 0 saturated heterocycles. The van der Waals surface area contributed by atoms with Crippen LogP contribution in [0.3, 0.4) is 0 Å². The molecule has 20 heavy (non-hydrogen) atoms. The number of carbonyl (C=O) groups is 2. The Hall–Kier alpha value is -1.96. The van der Waals surface area contributed by atoms with Gasteiger partial charge in [0.1, 0.15) is 0 Å². The van der Waals surface area contributed by atoms with Crippen LogP contribution in [0.15, 0.2) is 0 Å². The van der Waals surface area contributed by atoms with E-state index in [-0.39, 0.29) is 12.1 Å². The zero-order valence-electron chi connectivity index (χ0n) is 11.9. The lowest BCUT2D eigenvalue weighted by Gasteiger charge is -2.06. The molecule has 8 nitrogen and oxygen atoms in total. The third-order valence-corrected chi connectivity index (χ3v) is 2.72. The second kappa shape index (κ2) is 8.26. The number of methoxy groups -OCH3 is 3. The van der Waals surface area contributed by atoms with Crippen molar-refractivity contribution in [1.82, 2.24) is 15.0 Å². The first kappa shape index (κ1) is 16.1. The van der Waals surface area contributed by atoms with E-state index in [2.05, 4.69) is 19.8 Å². The first-order chi connectivity index (χ1) is 9.63. The topological polar surface area (TPSA) is 92.5 Å². The van der Waals surface area contributed by atoms with E-state index in [9.17, 15) is 9.59 Å². The van der Waals surface area contributed by atoms with Gasteiger partial charge in [0.15, 0.2) is 5.69 Å². The molecule has 0 aliphatic heterocycles. The van der Waals surface area contributed by atoms with Crippen molar-refractivity contribution < 1.29 is 23.8 Å². The fourth-order valence-electron chi connectivity index (χ4n) is 1.66. The average molecular weight is 285 g/mol. The summed E-state index contributed by atoms with van der Waals surface area (Å²) in [5.74, 6) is -1.08. The van der Waals surface area contributed by atoms with Crippen LogP contribution in [0.2, 0.25) is 0 Å². The normalized spacial score (nSPS) is 10.3. The minimum atomic E-state index is -0.618. The van der Waals surface area contributed by atoms with Crippen LogP contribution in [0.4, 0.5) is 0 Å². The van der Waals surface area contributed by atoms with Crippen LogP contribution >= 0.6 is 0 Å². The number of esters is 2. The number of aromatic nitrogens is 3. The molecule has 1 heterocycles. The Morgan fingerprint density at radius 3 is 2.50 bits per heavy atom. The zero-order valence-corrected chi connectivity index (χ0v) is 11.9. The molecule has 0 aliphatic carbocycles. The third-order valence-electron chi connectivity index (χ3n) is 2.72. The van der Waals surface area contributed by atoms with Crippen LogP contribution in [-0.2, 0) is 32.0 Å². The Labute approximate surface area is 117 Å². The van der Waals surface area contributed by atoms with Gasteiger partial charge in [0.2, 0.25) is 0 Å². The predicted octanol–water partition coefficient (Wildman–Crippen LogP) is 0.207.